The smallest absolute Gasteiger partial charge is 0.164 e. The van der Waals surface area contributed by atoms with E-state index >= 15 is 0 Å². The fraction of sp³-hybridized carbons (Fsp3) is 0. The van der Waals surface area contributed by atoms with E-state index < -0.39 is 0 Å². The number of fused-ring (bicyclic) bond motifs is 7. The van der Waals surface area contributed by atoms with Crippen molar-refractivity contribution in [2.75, 3.05) is 0 Å². The molecule has 0 amide bonds. The van der Waals surface area contributed by atoms with Gasteiger partial charge >= 0.3 is 0 Å². The van der Waals surface area contributed by atoms with Gasteiger partial charge in [0.1, 0.15) is 11.2 Å². The monoisotopic (exact) mass is 707 g/mol. The molecular weight excluding hydrogens is 679 g/mol. The maximum absolute atomic E-state index is 6.91. The van der Waals surface area contributed by atoms with Gasteiger partial charge in [-0.2, -0.15) is 0 Å². The maximum Gasteiger partial charge on any atom is 0.164 e. The Morgan fingerprint density at radius 1 is 0.370 bits per heavy atom. The van der Waals surface area contributed by atoms with Gasteiger partial charge < -0.3 is 4.42 Å². The van der Waals surface area contributed by atoms with Gasteiger partial charge in [-0.25, -0.2) is 15.0 Å². The van der Waals surface area contributed by atoms with Gasteiger partial charge in [-0.1, -0.05) is 133 Å². The van der Waals surface area contributed by atoms with Crippen LogP contribution in [0.3, 0.4) is 0 Å². The number of hydrogen-bond acceptors (Lipinski definition) is 5. The average Bonchev–Trinajstić information content (AvgIpc) is 3.81. The Balaban J connectivity index is 1.17. The highest BCUT2D eigenvalue weighted by Crippen LogP contribution is 2.44. The first kappa shape index (κ1) is 30.7. The van der Waals surface area contributed by atoms with Crippen LogP contribution in [-0.4, -0.2) is 15.0 Å². The molecule has 0 aliphatic rings. The molecule has 252 valence electrons. The molecule has 0 aliphatic carbocycles. The third-order valence-electron chi connectivity index (χ3n) is 10.3. The molecule has 54 heavy (non-hydrogen) atoms. The molecule has 4 nitrogen and oxygen atoms in total. The van der Waals surface area contributed by atoms with Crippen LogP contribution >= 0.6 is 11.3 Å². The van der Waals surface area contributed by atoms with Crippen molar-refractivity contribution >= 4 is 64.2 Å². The first-order valence-corrected chi connectivity index (χ1v) is 18.8. The highest BCUT2D eigenvalue weighted by atomic mass is 32.1. The Morgan fingerprint density at radius 2 is 1.00 bits per heavy atom. The lowest BCUT2D eigenvalue weighted by atomic mass is 9.96. The minimum Gasteiger partial charge on any atom is -0.455 e. The first-order valence-electron chi connectivity index (χ1n) is 18.0. The van der Waals surface area contributed by atoms with Crippen LogP contribution in [0.2, 0.25) is 0 Å². The standard InChI is InChI=1S/C49H29N3OS/c1-3-12-30(13-4-1)32-18-11-19-36(26-32)48-50-47(31-14-5-2-6-15-31)51-49(52-48)40-25-24-37(35-22-23-39-38-20-9-10-21-43(38)54-44(39)29-35)46-45(40)41-27-33-16-7-8-17-34(33)28-42(41)53-46/h1-29H. The molecule has 11 aromatic rings. The van der Waals surface area contributed by atoms with E-state index in [1.807, 2.05) is 47.7 Å². The quantitative estimate of drug-likeness (QED) is 0.179. The Bertz CT molecular complexity index is 3220. The minimum atomic E-state index is 0.594. The highest BCUT2D eigenvalue weighted by molar-refractivity contribution is 7.25. The summed E-state index contributed by atoms with van der Waals surface area (Å²) in [4.78, 5) is 15.5. The molecule has 3 aromatic heterocycles. The second-order valence-corrected chi connectivity index (χ2v) is 14.7. The van der Waals surface area contributed by atoms with Crippen molar-refractivity contribution < 1.29 is 4.42 Å². The van der Waals surface area contributed by atoms with E-state index in [0.717, 1.165) is 71.7 Å². The SMILES string of the molecule is c1ccc(-c2cccc(-c3nc(-c4ccccc4)nc(-c4ccc(-c5ccc6c(c5)sc5ccccc56)c5oc6cc7ccccc7cc6c45)n3)c2)cc1. The normalized spacial score (nSPS) is 11.7. The molecule has 3 heterocycles. The summed E-state index contributed by atoms with van der Waals surface area (Å²) in [5.74, 6) is 1.82. The number of benzene rings is 8. The molecule has 0 spiro atoms. The Morgan fingerprint density at radius 3 is 1.83 bits per heavy atom. The molecule has 0 radical (unpaired) electrons. The maximum atomic E-state index is 6.91. The lowest BCUT2D eigenvalue weighted by Crippen LogP contribution is -2.00. The fourth-order valence-corrected chi connectivity index (χ4v) is 8.83. The van der Waals surface area contributed by atoms with E-state index in [4.69, 9.17) is 19.4 Å². The molecular formula is C49H29N3OS. The topological polar surface area (TPSA) is 51.8 Å². The van der Waals surface area contributed by atoms with Crippen molar-refractivity contribution in [3.05, 3.63) is 176 Å². The van der Waals surface area contributed by atoms with Gasteiger partial charge in [0.15, 0.2) is 17.5 Å². The van der Waals surface area contributed by atoms with Crippen LogP contribution in [0.4, 0.5) is 0 Å². The van der Waals surface area contributed by atoms with Crippen LogP contribution < -0.4 is 0 Å². The van der Waals surface area contributed by atoms with Crippen LogP contribution in [0.1, 0.15) is 0 Å². The number of nitrogens with zero attached hydrogens (tertiary/aromatic N) is 3. The van der Waals surface area contributed by atoms with E-state index in [9.17, 15) is 0 Å². The van der Waals surface area contributed by atoms with Gasteiger partial charge in [0.05, 0.1) is 0 Å². The van der Waals surface area contributed by atoms with Crippen molar-refractivity contribution in [3.8, 4) is 56.4 Å². The molecule has 0 bridgehead atoms. The number of thiophene rings is 1. The van der Waals surface area contributed by atoms with Gasteiger partial charge in [-0.15, -0.1) is 11.3 Å². The van der Waals surface area contributed by atoms with Crippen LogP contribution in [0, 0.1) is 0 Å². The highest BCUT2D eigenvalue weighted by Gasteiger charge is 2.22. The molecule has 11 rings (SSSR count). The van der Waals surface area contributed by atoms with Gasteiger partial charge in [-0.05, 0) is 69.9 Å². The Hall–Kier alpha value is -6.95. The predicted molar refractivity (Wildman–Crippen MR) is 225 cm³/mol. The molecule has 0 saturated heterocycles. The van der Waals surface area contributed by atoms with Crippen LogP contribution in [0.15, 0.2) is 180 Å². The minimum absolute atomic E-state index is 0.594. The van der Waals surface area contributed by atoms with E-state index in [1.165, 1.54) is 20.2 Å². The number of rotatable bonds is 5. The lowest BCUT2D eigenvalue weighted by Gasteiger charge is -2.11. The predicted octanol–water partition coefficient (Wildman–Crippen LogP) is 13.6. The van der Waals surface area contributed by atoms with Gasteiger partial charge in [-0.3, -0.25) is 0 Å². The van der Waals surface area contributed by atoms with E-state index in [1.54, 1.807) is 0 Å². The summed E-state index contributed by atoms with van der Waals surface area (Å²) in [7, 11) is 0. The average molecular weight is 708 g/mol. The van der Waals surface area contributed by atoms with Gasteiger partial charge in [0, 0.05) is 53.2 Å². The summed E-state index contributed by atoms with van der Waals surface area (Å²) in [6, 6.07) is 61.5. The van der Waals surface area contributed by atoms with Crippen molar-refractivity contribution in [1.82, 2.24) is 15.0 Å². The molecule has 0 fully saturated rings. The summed E-state index contributed by atoms with van der Waals surface area (Å²) < 4.78 is 9.44. The fourth-order valence-electron chi connectivity index (χ4n) is 7.68. The summed E-state index contributed by atoms with van der Waals surface area (Å²) in [6.07, 6.45) is 0. The van der Waals surface area contributed by atoms with Crippen molar-refractivity contribution in [3.63, 3.8) is 0 Å². The molecule has 0 aliphatic heterocycles. The Kier molecular flexibility index (Phi) is 7.00. The summed E-state index contributed by atoms with van der Waals surface area (Å²) in [6.45, 7) is 0. The number of hydrogen-bond donors (Lipinski definition) is 0. The van der Waals surface area contributed by atoms with Crippen molar-refractivity contribution in [2.45, 2.75) is 0 Å². The molecule has 0 atom stereocenters. The zero-order valence-corrected chi connectivity index (χ0v) is 29.7. The van der Waals surface area contributed by atoms with Crippen LogP contribution in [0.5, 0.6) is 0 Å². The summed E-state index contributed by atoms with van der Waals surface area (Å²) in [5.41, 5.74) is 8.76. The summed E-state index contributed by atoms with van der Waals surface area (Å²) in [5, 5.41) is 6.84. The van der Waals surface area contributed by atoms with Gasteiger partial charge in [0.25, 0.3) is 0 Å². The van der Waals surface area contributed by atoms with Crippen LogP contribution in [0.25, 0.3) is 109 Å². The Labute approximate surface area is 314 Å². The van der Waals surface area contributed by atoms with Crippen molar-refractivity contribution in [1.29, 1.82) is 0 Å². The van der Waals surface area contributed by atoms with E-state index in [2.05, 4.69) is 140 Å². The first-order chi connectivity index (χ1) is 26.7. The summed E-state index contributed by atoms with van der Waals surface area (Å²) >= 11 is 1.82. The third kappa shape index (κ3) is 5.09. The van der Waals surface area contributed by atoms with Crippen LogP contribution in [-0.2, 0) is 0 Å². The molecule has 0 unspecified atom stereocenters. The molecule has 0 N–H and O–H groups in total. The lowest BCUT2D eigenvalue weighted by molar-refractivity contribution is 0.670. The van der Waals surface area contributed by atoms with E-state index in [-0.39, 0.29) is 0 Å². The number of aromatic nitrogens is 3. The largest absolute Gasteiger partial charge is 0.455 e. The number of furan rings is 1. The third-order valence-corrected chi connectivity index (χ3v) is 11.4. The zero-order valence-electron chi connectivity index (χ0n) is 28.9. The molecule has 0 saturated carbocycles. The van der Waals surface area contributed by atoms with Gasteiger partial charge in [0.2, 0.25) is 0 Å². The second kappa shape index (κ2) is 12.3. The van der Waals surface area contributed by atoms with Crippen molar-refractivity contribution in [2.24, 2.45) is 0 Å². The second-order valence-electron chi connectivity index (χ2n) is 13.6. The molecule has 8 aromatic carbocycles. The van der Waals surface area contributed by atoms with E-state index in [0.29, 0.717) is 17.5 Å². The zero-order chi connectivity index (χ0) is 35.6. The molecule has 5 heteroatoms.